The molecule has 1 fully saturated rings. The minimum Gasteiger partial charge on any atom is -0.393 e. The monoisotopic (exact) mass is 502 g/mol. The van der Waals surface area contributed by atoms with Crippen LogP contribution in [0.5, 0.6) is 0 Å². The Balaban J connectivity index is 0.00000272. The van der Waals surface area contributed by atoms with Crippen LogP contribution in [-0.4, -0.2) is 71.0 Å². The van der Waals surface area contributed by atoms with E-state index in [1.54, 1.807) is 7.11 Å². The number of imidazole rings is 1. The third-order valence-electron chi connectivity index (χ3n) is 6.13. The molecule has 33 heavy (non-hydrogen) atoms. The molecule has 1 aliphatic heterocycles. The molecule has 0 saturated carbocycles. The van der Waals surface area contributed by atoms with E-state index in [0.29, 0.717) is 24.9 Å². The molecule has 1 amide bonds. The van der Waals surface area contributed by atoms with Gasteiger partial charge in [0.1, 0.15) is 0 Å². The first kappa shape index (κ1) is 29.7. The first-order chi connectivity index (χ1) is 14.9. The maximum Gasteiger partial charge on any atom is 0.290 e. The Kier molecular flexibility index (Phi) is 12.7. The molecule has 0 radical (unpaired) electrons. The number of para-hydroxylation sites is 2. The molecule has 7 nitrogen and oxygen atoms in total. The van der Waals surface area contributed by atoms with Gasteiger partial charge in [0.05, 0.1) is 17.1 Å². The standard InChI is InChI=1S/C24H38N4O3.2ClH/c1-17(2)16-28(20-13-19(18(3)29)14-25-15-20)24(30)23-26-21-9-5-6-10-22(21)27(23)11-7-8-12-31-4;;/h5-6,9-10,17-20,25,29H,7-8,11-16H2,1-4H3;2*1H/t18-,19-,20+;;/m1../s1. The summed E-state index contributed by atoms with van der Waals surface area (Å²) < 4.78 is 7.26. The number of aromatic nitrogens is 2. The van der Waals surface area contributed by atoms with Gasteiger partial charge in [-0.3, -0.25) is 4.79 Å². The number of unbranched alkanes of at least 4 members (excludes halogenated alkanes) is 1. The van der Waals surface area contributed by atoms with E-state index < -0.39 is 6.10 Å². The van der Waals surface area contributed by atoms with E-state index in [9.17, 15) is 9.90 Å². The number of ether oxygens (including phenoxy) is 1. The Labute approximate surface area is 210 Å². The minimum absolute atomic E-state index is 0. The fourth-order valence-corrected chi connectivity index (χ4v) is 4.46. The second-order valence-electron chi connectivity index (χ2n) is 9.18. The van der Waals surface area contributed by atoms with E-state index in [2.05, 4.69) is 23.7 Å². The van der Waals surface area contributed by atoms with Crippen LogP contribution >= 0.6 is 24.8 Å². The zero-order valence-electron chi connectivity index (χ0n) is 20.2. The number of hydrogen-bond donors (Lipinski definition) is 2. The summed E-state index contributed by atoms with van der Waals surface area (Å²) in [5, 5.41) is 13.5. The number of benzene rings is 1. The van der Waals surface area contributed by atoms with Crippen LogP contribution in [0.1, 0.15) is 50.7 Å². The Bertz CT molecular complexity index is 859. The number of carbonyl (C=O) groups excluding carboxylic acids is 1. The maximum atomic E-state index is 13.9. The van der Waals surface area contributed by atoms with Crippen LogP contribution in [0, 0.1) is 11.8 Å². The number of halogens is 2. The van der Waals surface area contributed by atoms with Crippen LogP contribution in [0.3, 0.4) is 0 Å². The van der Waals surface area contributed by atoms with E-state index in [0.717, 1.165) is 49.9 Å². The Morgan fingerprint density at radius 3 is 2.64 bits per heavy atom. The lowest BCUT2D eigenvalue weighted by Crippen LogP contribution is -2.54. The topological polar surface area (TPSA) is 79.6 Å². The normalized spacial score (nSPS) is 19.1. The molecule has 0 spiro atoms. The number of nitrogens with one attached hydrogen (secondary N) is 1. The molecule has 2 aromatic rings. The van der Waals surface area contributed by atoms with Gasteiger partial charge < -0.3 is 24.6 Å². The molecule has 0 bridgehead atoms. The minimum atomic E-state index is -0.392. The summed E-state index contributed by atoms with van der Waals surface area (Å²) in [5.41, 5.74) is 1.85. The first-order valence-electron chi connectivity index (χ1n) is 11.6. The predicted octanol–water partition coefficient (Wildman–Crippen LogP) is 3.76. The number of amides is 1. The highest BCUT2D eigenvalue weighted by atomic mass is 35.5. The number of piperidine rings is 1. The van der Waals surface area contributed by atoms with Gasteiger partial charge in [0.2, 0.25) is 0 Å². The summed E-state index contributed by atoms with van der Waals surface area (Å²) in [7, 11) is 1.71. The van der Waals surface area contributed by atoms with Gasteiger partial charge in [-0.2, -0.15) is 0 Å². The Morgan fingerprint density at radius 2 is 1.97 bits per heavy atom. The second kappa shape index (κ2) is 14.1. The van der Waals surface area contributed by atoms with Crippen molar-refractivity contribution in [1.29, 1.82) is 0 Å². The number of fused-ring (bicyclic) bond motifs is 1. The zero-order chi connectivity index (χ0) is 22.4. The largest absolute Gasteiger partial charge is 0.393 e. The smallest absolute Gasteiger partial charge is 0.290 e. The Hall–Kier alpha value is -1.38. The molecule has 2 heterocycles. The van der Waals surface area contributed by atoms with Crippen LogP contribution in [0.2, 0.25) is 0 Å². The number of aliphatic hydroxyl groups excluding tert-OH is 1. The SMILES string of the molecule is COCCCCn1c(C(=O)N(CC(C)C)[C@@H]2CNC[C@H]([C@@H](C)O)C2)nc2ccccc21.Cl.Cl. The fourth-order valence-electron chi connectivity index (χ4n) is 4.46. The summed E-state index contributed by atoms with van der Waals surface area (Å²) >= 11 is 0. The van der Waals surface area contributed by atoms with Gasteiger partial charge in [0.15, 0.2) is 5.82 Å². The number of aryl methyl sites for hydroxylation is 1. The van der Waals surface area contributed by atoms with Crippen molar-refractivity contribution in [2.75, 3.05) is 33.4 Å². The first-order valence-corrected chi connectivity index (χ1v) is 11.6. The van der Waals surface area contributed by atoms with Crippen molar-refractivity contribution >= 4 is 41.8 Å². The summed E-state index contributed by atoms with van der Waals surface area (Å²) in [6, 6.07) is 8.01. The van der Waals surface area contributed by atoms with Crippen molar-refractivity contribution in [1.82, 2.24) is 19.8 Å². The van der Waals surface area contributed by atoms with Crippen LogP contribution in [-0.2, 0) is 11.3 Å². The molecule has 1 saturated heterocycles. The van der Waals surface area contributed by atoms with E-state index in [1.807, 2.05) is 36.1 Å². The molecule has 188 valence electrons. The molecule has 9 heteroatoms. The van der Waals surface area contributed by atoms with E-state index in [1.165, 1.54) is 0 Å². The maximum absolute atomic E-state index is 13.9. The van der Waals surface area contributed by atoms with Gasteiger partial charge in [0.25, 0.3) is 5.91 Å². The number of nitrogens with zero attached hydrogens (tertiary/aromatic N) is 3. The predicted molar refractivity (Wildman–Crippen MR) is 138 cm³/mol. The molecule has 2 N–H and O–H groups in total. The highest BCUT2D eigenvalue weighted by molar-refractivity contribution is 5.95. The molecule has 3 atom stereocenters. The number of rotatable bonds is 10. The average Bonchev–Trinajstić information content (AvgIpc) is 3.13. The Morgan fingerprint density at radius 1 is 1.24 bits per heavy atom. The summed E-state index contributed by atoms with van der Waals surface area (Å²) in [6.45, 7) is 9.76. The number of aliphatic hydroxyl groups is 1. The quantitative estimate of drug-likeness (QED) is 0.483. The third kappa shape index (κ3) is 7.55. The molecule has 0 unspecified atom stereocenters. The van der Waals surface area contributed by atoms with Crippen LogP contribution in [0.25, 0.3) is 11.0 Å². The lowest BCUT2D eigenvalue weighted by molar-refractivity contribution is 0.0435. The van der Waals surface area contributed by atoms with Gasteiger partial charge in [0, 0.05) is 45.9 Å². The summed E-state index contributed by atoms with van der Waals surface area (Å²) in [6.07, 6.45) is 2.27. The van der Waals surface area contributed by atoms with Gasteiger partial charge in [-0.1, -0.05) is 26.0 Å². The average molecular weight is 504 g/mol. The van der Waals surface area contributed by atoms with Crippen molar-refractivity contribution in [2.24, 2.45) is 11.8 Å². The molecule has 1 aliphatic rings. The molecule has 0 aliphatic carbocycles. The van der Waals surface area contributed by atoms with E-state index in [4.69, 9.17) is 9.72 Å². The molecular weight excluding hydrogens is 463 g/mol. The van der Waals surface area contributed by atoms with Crippen LogP contribution < -0.4 is 5.32 Å². The van der Waals surface area contributed by atoms with Gasteiger partial charge in [-0.05, 0) is 50.2 Å². The van der Waals surface area contributed by atoms with Crippen molar-refractivity contribution < 1.29 is 14.6 Å². The van der Waals surface area contributed by atoms with E-state index in [-0.39, 0.29) is 42.7 Å². The van der Waals surface area contributed by atoms with Gasteiger partial charge in [-0.25, -0.2) is 4.98 Å². The highest BCUT2D eigenvalue weighted by Crippen LogP contribution is 2.24. The molecule has 1 aromatic carbocycles. The van der Waals surface area contributed by atoms with Crippen molar-refractivity contribution in [2.45, 2.75) is 58.7 Å². The third-order valence-corrected chi connectivity index (χ3v) is 6.13. The highest BCUT2D eigenvalue weighted by Gasteiger charge is 2.34. The van der Waals surface area contributed by atoms with Crippen LogP contribution in [0.4, 0.5) is 0 Å². The molecule has 1 aromatic heterocycles. The van der Waals surface area contributed by atoms with E-state index >= 15 is 0 Å². The van der Waals surface area contributed by atoms with Crippen molar-refractivity contribution in [3.05, 3.63) is 30.1 Å². The van der Waals surface area contributed by atoms with Crippen molar-refractivity contribution in [3.63, 3.8) is 0 Å². The lowest BCUT2D eigenvalue weighted by atomic mass is 9.90. The summed E-state index contributed by atoms with van der Waals surface area (Å²) in [4.78, 5) is 20.6. The molecular formula is C24H40Cl2N4O3. The lowest BCUT2D eigenvalue weighted by Gasteiger charge is -2.39. The summed E-state index contributed by atoms with van der Waals surface area (Å²) in [5.74, 6) is 0.984. The zero-order valence-corrected chi connectivity index (χ0v) is 21.8. The van der Waals surface area contributed by atoms with Crippen molar-refractivity contribution in [3.8, 4) is 0 Å². The number of hydrogen-bond acceptors (Lipinski definition) is 5. The second-order valence-corrected chi connectivity index (χ2v) is 9.18. The molecule has 3 rings (SSSR count). The van der Waals surface area contributed by atoms with Gasteiger partial charge >= 0.3 is 0 Å². The van der Waals surface area contributed by atoms with Crippen LogP contribution in [0.15, 0.2) is 24.3 Å². The fraction of sp³-hybridized carbons (Fsp3) is 0.667. The van der Waals surface area contributed by atoms with Gasteiger partial charge in [-0.15, -0.1) is 24.8 Å². The number of methoxy groups -OCH3 is 1. The number of carbonyl (C=O) groups is 1.